The van der Waals surface area contributed by atoms with Gasteiger partial charge < -0.3 is 9.84 Å². The SMILES string of the molecule is C=C(C)[C@@H]1CC[C@]2(CC(C)N3CCOCC3)CC[C@]3(C)[C@H](CC[C@@H]4[C@@]5(C)CC[C@H](O)C(C)(C)[C@@H]5CC[C@]43C)[C@@H]12. The predicted molar refractivity (Wildman–Crippen MR) is 161 cm³/mol. The zero-order valence-electron chi connectivity index (χ0n) is 26.7. The minimum Gasteiger partial charge on any atom is -0.393 e. The van der Waals surface area contributed by atoms with Gasteiger partial charge in [-0.1, -0.05) is 46.8 Å². The van der Waals surface area contributed by atoms with E-state index >= 15 is 0 Å². The van der Waals surface area contributed by atoms with E-state index in [4.69, 9.17) is 4.74 Å². The van der Waals surface area contributed by atoms with Gasteiger partial charge in [-0.05, 0) is 141 Å². The second kappa shape index (κ2) is 9.57. The van der Waals surface area contributed by atoms with Crippen molar-refractivity contribution < 1.29 is 9.84 Å². The Morgan fingerprint density at radius 2 is 1.59 bits per heavy atom. The third kappa shape index (κ3) is 3.97. The van der Waals surface area contributed by atoms with E-state index in [1.54, 1.807) is 0 Å². The second-order valence-electron chi connectivity index (χ2n) is 17.1. The van der Waals surface area contributed by atoms with Crippen LogP contribution >= 0.6 is 0 Å². The number of rotatable bonds is 4. The first-order valence-corrected chi connectivity index (χ1v) is 17.0. The first kappa shape index (κ1) is 28.7. The van der Waals surface area contributed by atoms with Gasteiger partial charge in [0.25, 0.3) is 0 Å². The molecule has 0 spiro atoms. The van der Waals surface area contributed by atoms with Gasteiger partial charge in [0.1, 0.15) is 0 Å². The molecule has 222 valence electrons. The first-order chi connectivity index (χ1) is 18.3. The van der Waals surface area contributed by atoms with Gasteiger partial charge in [-0.3, -0.25) is 4.90 Å². The van der Waals surface area contributed by atoms with Crippen LogP contribution in [0.5, 0.6) is 0 Å². The molecule has 1 unspecified atom stereocenters. The molecule has 5 aliphatic carbocycles. The number of aliphatic hydroxyl groups is 1. The number of fused-ring (bicyclic) bond motifs is 7. The summed E-state index contributed by atoms with van der Waals surface area (Å²) in [5, 5.41) is 11.0. The summed E-state index contributed by atoms with van der Waals surface area (Å²) in [6, 6.07) is 0.654. The third-order valence-electron chi connectivity index (χ3n) is 15.6. The Balaban J connectivity index is 1.33. The molecule has 1 aliphatic heterocycles. The van der Waals surface area contributed by atoms with Crippen molar-refractivity contribution in [2.75, 3.05) is 26.3 Å². The lowest BCUT2D eigenvalue weighted by Crippen LogP contribution is -2.66. The highest BCUT2D eigenvalue weighted by atomic mass is 16.5. The first-order valence-electron chi connectivity index (χ1n) is 17.0. The standard InChI is InChI=1S/C36H61NO2/c1-24(2)26-11-16-36(23-25(3)37-19-21-39-22-20-37)18-17-34(7)27(31(26)36)9-10-29-33(6)14-13-30(38)32(4,5)28(33)12-15-35(29,34)8/h25-31,38H,1,9-23H2,2-8H3/t25?,26-,27+,28-,29+,30-,31+,33-,34+,35+,36+/m0/s1. The van der Waals surface area contributed by atoms with E-state index < -0.39 is 0 Å². The topological polar surface area (TPSA) is 32.7 Å². The maximum atomic E-state index is 11.0. The molecule has 39 heavy (non-hydrogen) atoms. The Labute approximate surface area is 240 Å². The van der Waals surface area contributed by atoms with Crippen LogP contribution in [0.15, 0.2) is 12.2 Å². The zero-order chi connectivity index (χ0) is 28.0. The highest BCUT2D eigenvalue weighted by Crippen LogP contribution is 2.78. The zero-order valence-corrected chi connectivity index (χ0v) is 26.7. The van der Waals surface area contributed by atoms with Gasteiger partial charge in [0, 0.05) is 19.1 Å². The van der Waals surface area contributed by atoms with E-state index in [-0.39, 0.29) is 11.5 Å². The number of aliphatic hydroxyl groups excluding tert-OH is 1. The molecule has 5 saturated carbocycles. The molecule has 11 atom stereocenters. The molecule has 0 aromatic heterocycles. The van der Waals surface area contributed by atoms with Crippen LogP contribution in [0.1, 0.15) is 119 Å². The molecular formula is C36H61NO2. The molecule has 1 saturated heterocycles. The van der Waals surface area contributed by atoms with Crippen LogP contribution in [0.25, 0.3) is 0 Å². The minimum absolute atomic E-state index is 0.0416. The van der Waals surface area contributed by atoms with Crippen molar-refractivity contribution >= 4 is 0 Å². The molecule has 0 bridgehead atoms. The van der Waals surface area contributed by atoms with Gasteiger partial charge in [-0.2, -0.15) is 0 Å². The summed E-state index contributed by atoms with van der Waals surface area (Å²) in [7, 11) is 0. The lowest BCUT2D eigenvalue weighted by molar-refractivity contribution is -0.248. The van der Waals surface area contributed by atoms with E-state index in [2.05, 4.69) is 59.9 Å². The Bertz CT molecular complexity index is 954. The molecule has 1 heterocycles. The van der Waals surface area contributed by atoms with E-state index in [1.165, 1.54) is 69.8 Å². The van der Waals surface area contributed by atoms with E-state index in [0.29, 0.717) is 39.5 Å². The van der Waals surface area contributed by atoms with Crippen LogP contribution in [0, 0.1) is 56.7 Å². The Kier molecular flexibility index (Phi) is 7.05. The van der Waals surface area contributed by atoms with Gasteiger partial charge in [0.2, 0.25) is 0 Å². The van der Waals surface area contributed by atoms with Crippen LogP contribution in [0.2, 0.25) is 0 Å². The fourth-order valence-corrected chi connectivity index (χ4v) is 13.4. The molecule has 3 heteroatoms. The Morgan fingerprint density at radius 3 is 2.28 bits per heavy atom. The number of ether oxygens (including phenoxy) is 1. The molecule has 3 nitrogen and oxygen atoms in total. The van der Waals surface area contributed by atoms with Crippen molar-refractivity contribution in [1.29, 1.82) is 0 Å². The van der Waals surface area contributed by atoms with Gasteiger partial charge in [0.15, 0.2) is 0 Å². The van der Waals surface area contributed by atoms with Crippen LogP contribution in [0.3, 0.4) is 0 Å². The second-order valence-corrected chi connectivity index (χ2v) is 17.1. The maximum absolute atomic E-state index is 11.0. The Hall–Kier alpha value is -0.380. The number of hydrogen-bond acceptors (Lipinski definition) is 3. The maximum Gasteiger partial charge on any atom is 0.0594 e. The Morgan fingerprint density at radius 1 is 0.872 bits per heavy atom. The number of nitrogens with zero attached hydrogens (tertiary/aromatic N) is 1. The molecule has 6 fully saturated rings. The molecular weight excluding hydrogens is 478 g/mol. The summed E-state index contributed by atoms with van der Waals surface area (Å²) in [5.74, 6) is 3.79. The highest BCUT2D eigenvalue weighted by Gasteiger charge is 2.70. The fraction of sp³-hybridized carbons (Fsp3) is 0.944. The molecule has 0 radical (unpaired) electrons. The minimum atomic E-state index is -0.134. The van der Waals surface area contributed by atoms with Crippen LogP contribution in [0.4, 0.5) is 0 Å². The van der Waals surface area contributed by atoms with Crippen molar-refractivity contribution in [3.8, 4) is 0 Å². The molecule has 1 N–H and O–H groups in total. The van der Waals surface area contributed by atoms with Crippen molar-refractivity contribution in [2.24, 2.45) is 56.7 Å². The van der Waals surface area contributed by atoms with Gasteiger partial charge in [0.05, 0.1) is 19.3 Å². The van der Waals surface area contributed by atoms with Gasteiger partial charge in [-0.15, -0.1) is 0 Å². The van der Waals surface area contributed by atoms with Crippen molar-refractivity contribution in [1.82, 2.24) is 4.90 Å². The van der Waals surface area contributed by atoms with Crippen molar-refractivity contribution in [3.63, 3.8) is 0 Å². The largest absolute Gasteiger partial charge is 0.393 e. The molecule has 6 aliphatic rings. The summed E-state index contributed by atoms with van der Waals surface area (Å²) < 4.78 is 5.72. The highest BCUT2D eigenvalue weighted by molar-refractivity contribution is 5.21. The van der Waals surface area contributed by atoms with Crippen LogP contribution in [-0.4, -0.2) is 48.5 Å². The van der Waals surface area contributed by atoms with E-state index in [1.807, 2.05) is 0 Å². The summed E-state index contributed by atoms with van der Waals surface area (Å²) >= 11 is 0. The number of morpholine rings is 1. The van der Waals surface area contributed by atoms with E-state index in [0.717, 1.165) is 50.5 Å². The molecule has 0 aromatic carbocycles. The predicted octanol–water partition coefficient (Wildman–Crippen LogP) is 8.12. The monoisotopic (exact) mass is 539 g/mol. The van der Waals surface area contributed by atoms with Gasteiger partial charge >= 0.3 is 0 Å². The number of allylic oxidation sites excluding steroid dienone is 1. The smallest absolute Gasteiger partial charge is 0.0594 e. The van der Waals surface area contributed by atoms with Crippen molar-refractivity contribution in [3.05, 3.63) is 12.2 Å². The fourth-order valence-electron chi connectivity index (χ4n) is 13.4. The average molecular weight is 540 g/mol. The summed E-state index contributed by atoms with van der Waals surface area (Å²) in [6.45, 7) is 26.5. The van der Waals surface area contributed by atoms with Gasteiger partial charge in [-0.25, -0.2) is 0 Å². The number of hydrogen-bond donors (Lipinski definition) is 1. The quantitative estimate of drug-likeness (QED) is 0.366. The van der Waals surface area contributed by atoms with Crippen molar-refractivity contribution in [2.45, 2.75) is 131 Å². The molecule has 0 aromatic rings. The average Bonchev–Trinajstić information content (AvgIpc) is 3.27. The van der Waals surface area contributed by atoms with Crippen LogP contribution < -0.4 is 0 Å². The third-order valence-corrected chi connectivity index (χ3v) is 15.6. The lowest BCUT2D eigenvalue weighted by Gasteiger charge is -2.73. The summed E-state index contributed by atoms with van der Waals surface area (Å²) in [4.78, 5) is 2.73. The lowest BCUT2D eigenvalue weighted by atomic mass is 9.32. The normalized spacial score (nSPS) is 52.2. The summed E-state index contributed by atoms with van der Waals surface area (Å²) in [6.07, 6.45) is 14.6. The van der Waals surface area contributed by atoms with E-state index in [9.17, 15) is 5.11 Å². The molecule has 0 amide bonds. The summed E-state index contributed by atoms with van der Waals surface area (Å²) in [5.41, 5.74) is 3.19. The molecule has 6 rings (SSSR count). The van der Waals surface area contributed by atoms with Crippen LogP contribution in [-0.2, 0) is 4.74 Å².